The number of nitrogens with zero attached hydrogens (tertiary/aromatic N) is 1. The van der Waals surface area contributed by atoms with Crippen molar-refractivity contribution in [3.8, 4) is 0 Å². The van der Waals surface area contributed by atoms with E-state index in [-0.39, 0.29) is 5.82 Å². The molecule has 2 aliphatic rings. The minimum absolute atomic E-state index is 0.154. The molecule has 0 radical (unpaired) electrons. The molecule has 0 amide bonds. The van der Waals surface area contributed by atoms with E-state index in [1.807, 2.05) is 12.1 Å². The summed E-state index contributed by atoms with van der Waals surface area (Å²) in [4.78, 5) is 2.61. The van der Waals surface area contributed by atoms with Gasteiger partial charge >= 0.3 is 0 Å². The van der Waals surface area contributed by atoms with Crippen molar-refractivity contribution >= 4 is 5.57 Å². The average Bonchev–Trinajstić information content (AvgIpc) is 2.49. The summed E-state index contributed by atoms with van der Waals surface area (Å²) in [6.45, 7) is 4.57. The molecule has 0 spiro atoms. The highest BCUT2D eigenvalue weighted by Gasteiger charge is 2.22. The van der Waals surface area contributed by atoms with E-state index in [9.17, 15) is 4.39 Å². The van der Waals surface area contributed by atoms with Crippen LogP contribution in [0.1, 0.15) is 24.8 Å². The van der Waals surface area contributed by atoms with Gasteiger partial charge < -0.3 is 5.32 Å². The molecule has 102 valence electrons. The number of rotatable bonds is 2. The lowest BCUT2D eigenvalue weighted by molar-refractivity contribution is 0.164. The highest BCUT2D eigenvalue weighted by Crippen LogP contribution is 2.29. The molecule has 1 heterocycles. The van der Waals surface area contributed by atoms with E-state index in [2.05, 4.69) is 16.3 Å². The summed E-state index contributed by atoms with van der Waals surface area (Å²) in [5.41, 5.74) is 2.56. The third-order valence-corrected chi connectivity index (χ3v) is 4.27. The number of halogens is 1. The quantitative estimate of drug-likeness (QED) is 0.879. The molecular formula is C16H21FN2. The van der Waals surface area contributed by atoms with Crippen molar-refractivity contribution in [3.05, 3.63) is 41.7 Å². The van der Waals surface area contributed by atoms with E-state index >= 15 is 0 Å². The Kier molecular flexibility index (Phi) is 3.95. The highest BCUT2D eigenvalue weighted by molar-refractivity contribution is 5.66. The van der Waals surface area contributed by atoms with E-state index in [0.717, 1.165) is 25.9 Å². The maximum absolute atomic E-state index is 12.9. The van der Waals surface area contributed by atoms with E-state index in [1.54, 1.807) is 12.1 Å². The van der Waals surface area contributed by atoms with Crippen molar-refractivity contribution in [2.24, 2.45) is 0 Å². The van der Waals surface area contributed by atoms with Crippen molar-refractivity contribution in [3.63, 3.8) is 0 Å². The molecule has 1 N–H and O–H groups in total. The Labute approximate surface area is 114 Å². The topological polar surface area (TPSA) is 15.3 Å². The Morgan fingerprint density at radius 3 is 2.47 bits per heavy atom. The molecule has 1 aromatic rings. The van der Waals surface area contributed by atoms with Crippen LogP contribution >= 0.6 is 0 Å². The molecule has 19 heavy (non-hydrogen) atoms. The molecule has 2 nitrogen and oxygen atoms in total. The molecule has 1 saturated heterocycles. The molecule has 0 aromatic heterocycles. The predicted octanol–water partition coefficient (Wildman–Crippen LogP) is 2.67. The van der Waals surface area contributed by atoms with Crippen LogP contribution in [0.15, 0.2) is 30.3 Å². The van der Waals surface area contributed by atoms with Gasteiger partial charge in [-0.3, -0.25) is 4.90 Å². The van der Waals surface area contributed by atoms with Gasteiger partial charge in [0, 0.05) is 32.2 Å². The Bertz CT molecular complexity index is 446. The van der Waals surface area contributed by atoms with Gasteiger partial charge in [-0.05, 0) is 42.5 Å². The molecule has 1 aliphatic carbocycles. The molecule has 1 aliphatic heterocycles. The Morgan fingerprint density at radius 2 is 1.84 bits per heavy atom. The number of benzene rings is 1. The van der Waals surface area contributed by atoms with Gasteiger partial charge in [-0.25, -0.2) is 4.39 Å². The third-order valence-electron chi connectivity index (χ3n) is 4.27. The van der Waals surface area contributed by atoms with E-state index in [4.69, 9.17) is 0 Å². The first-order valence-electron chi connectivity index (χ1n) is 7.23. The van der Waals surface area contributed by atoms with Crippen LogP contribution in [0.3, 0.4) is 0 Å². The summed E-state index contributed by atoms with van der Waals surface area (Å²) < 4.78 is 12.9. The van der Waals surface area contributed by atoms with Crippen LogP contribution < -0.4 is 5.32 Å². The van der Waals surface area contributed by atoms with Crippen molar-refractivity contribution in [1.82, 2.24) is 10.2 Å². The lowest BCUT2D eigenvalue weighted by Crippen LogP contribution is -2.48. The first-order chi connectivity index (χ1) is 9.33. The van der Waals surface area contributed by atoms with Crippen LogP contribution in [0.2, 0.25) is 0 Å². The van der Waals surface area contributed by atoms with Crippen LogP contribution in [0, 0.1) is 5.82 Å². The van der Waals surface area contributed by atoms with Gasteiger partial charge in [0.25, 0.3) is 0 Å². The Morgan fingerprint density at radius 1 is 1.11 bits per heavy atom. The molecule has 1 atom stereocenters. The van der Waals surface area contributed by atoms with E-state index < -0.39 is 0 Å². The second kappa shape index (κ2) is 5.85. The zero-order chi connectivity index (χ0) is 13.1. The minimum atomic E-state index is -0.154. The zero-order valence-corrected chi connectivity index (χ0v) is 11.2. The summed E-state index contributed by atoms with van der Waals surface area (Å²) in [6.07, 6.45) is 5.82. The van der Waals surface area contributed by atoms with Gasteiger partial charge in [0.05, 0.1) is 0 Å². The Hall–Kier alpha value is -1.19. The number of hydrogen-bond donors (Lipinski definition) is 1. The first kappa shape index (κ1) is 12.8. The van der Waals surface area contributed by atoms with Crippen LogP contribution in [-0.4, -0.2) is 37.1 Å². The normalized spacial score (nSPS) is 25.1. The maximum atomic E-state index is 12.9. The van der Waals surface area contributed by atoms with Gasteiger partial charge in [0.1, 0.15) is 5.82 Å². The molecule has 1 fully saturated rings. The van der Waals surface area contributed by atoms with Crippen LogP contribution in [0.5, 0.6) is 0 Å². The van der Waals surface area contributed by atoms with Crippen molar-refractivity contribution in [2.45, 2.75) is 25.3 Å². The van der Waals surface area contributed by atoms with Gasteiger partial charge in [-0.15, -0.1) is 0 Å². The van der Waals surface area contributed by atoms with Crippen LogP contribution in [0.25, 0.3) is 5.57 Å². The monoisotopic (exact) mass is 260 g/mol. The number of nitrogens with one attached hydrogen (secondary N) is 1. The number of piperazine rings is 1. The lowest BCUT2D eigenvalue weighted by atomic mass is 9.90. The second-order valence-electron chi connectivity index (χ2n) is 5.45. The lowest BCUT2D eigenvalue weighted by Gasteiger charge is -2.36. The fourth-order valence-corrected chi connectivity index (χ4v) is 3.13. The van der Waals surface area contributed by atoms with Crippen molar-refractivity contribution in [2.75, 3.05) is 26.2 Å². The SMILES string of the molecule is Fc1ccc(C2=CCC(N3CCNCC3)CC2)cc1. The molecule has 1 unspecified atom stereocenters. The van der Waals surface area contributed by atoms with Crippen molar-refractivity contribution < 1.29 is 4.39 Å². The number of hydrogen-bond acceptors (Lipinski definition) is 2. The van der Waals surface area contributed by atoms with Crippen LogP contribution in [0.4, 0.5) is 4.39 Å². The van der Waals surface area contributed by atoms with Gasteiger partial charge in [0.2, 0.25) is 0 Å². The molecule has 3 heteroatoms. The zero-order valence-electron chi connectivity index (χ0n) is 11.2. The average molecular weight is 260 g/mol. The predicted molar refractivity (Wildman–Crippen MR) is 76.5 cm³/mol. The van der Waals surface area contributed by atoms with E-state index in [1.165, 1.54) is 30.6 Å². The van der Waals surface area contributed by atoms with Gasteiger partial charge in [-0.1, -0.05) is 18.2 Å². The third kappa shape index (κ3) is 3.04. The fraction of sp³-hybridized carbons (Fsp3) is 0.500. The smallest absolute Gasteiger partial charge is 0.123 e. The van der Waals surface area contributed by atoms with Gasteiger partial charge in [0.15, 0.2) is 0 Å². The molecular weight excluding hydrogens is 239 g/mol. The highest BCUT2D eigenvalue weighted by atomic mass is 19.1. The van der Waals surface area contributed by atoms with Gasteiger partial charge in [-0.2, -0.15) is 0 Å². The molecule has 0 saturated carbocycles. The Balaban J connectivity index is 1.64. The summed E-state index contributed by atoms with van der Waals surface area (Å²) >= 11 is 0. The summed E-state index contributed by atoms with van der Waals surface area (Å²) in [5, 5.41) is 3.40. The minimum Gasteiger partial charge on any atom is -0.314 e. The second-order valence-corrected chi connectivity index (χ2v) is 5.45. The molecule has 1 aromatic carbocycles. The number of allylic oxidation sites excluding steroid dienone is 1. The van der Waals surface area contributed by atoms with E-state index in [0.29, 0.717) is 6.04 Å². The summed E-state index contributed by atoms with van der Waals surface area (Å²) in [6, 6.07) is 7.60. The standard InChI is InChI=1S/C16H21FN2/c17-15-5-1-13(2-6-15)14-3-7-16(8-4-14)19-11-9-18-10-12-19/h1-3,5-6,16,18H,4,7-12H2. The maximum Gasteiger partial charge on any atom is 0.123 e. The first-order valence-corrected chi connectivity index (χ1v) is 7.23. The molecule has 3 rings (SSSR count). The van der Waals surface area contributed by atoms with Crippen molar-refractivity contribution in [1.29, 1.82) is 0 Å². The summed E-state index contributed by atoms with van der Waals surface area (Å²) in [5.74, 6) is -0.154. The summed E-state index contributed by atoms with van der Waals surface area (Å²) in [7, 11) is 0. The molecule has 0 bridgehead atoms. The fourth-order valence-electron chi connectivity index (χ4n) is 3.13. The van der Waals surface area contributed by atoms with Crippen LogP contribution in [-0.2, 0) is 0 Å². The largest absolute Gasteiger partial charge is 0.314 e.